The Morgan fingerprint density at radius 3 is 2.32 bits per heavy atom. The molecule has 0 aliphatic carbocycles. The van der Waals surface area contributed by atoms with Gasteiger partial charge in [0.15, 0.2) is 0 Å². The lowest BCUT2D eigenvalue weighted by molar-refractivity contribution is -0.142. The van der Waals surface area contributed by atoms with Crippen LogP contribution in [-0.4, -0.2) is 23.0 Å². The van der Waals surface area contributed by atoms with Crippen LogP contribution in [0.5, 0.6) is 0 Å². The van der Waals surface area contributed by atoms with Crippen molar-refractivity contribution in [1.29, 1.82) is 0 Å². The SMILES string of the molecule is Cc1ccc(/C=C/C(=O)NC(C)C(C)C(=O)O)cc1. The van der Waals surface area contributed by atoms with Gasteiger partial charge in [0.1, 0.15) is 0 Å². The van der Waals surface area contributed by atoms with E-state index < -0.39 is 17.9 Å². The second-order valence-electron chi connectivity index (χ2n) is 4.67. The monoisotopic (exact) mass is 261 g/mol. The number of carboxylic acid groups (broad SMARTS) is 1. The Bertz CT molecular complexity index is 477. The van der Waals surface area contributed by atoms with E-state index in [0.717, 1.165) is 11.1 Å². The molecule has 0 spiro atoms. The lowest BCUT2D eigenvalue weighted by Crippen LogP contribution is -2.39. The molecule has 0 aliphatic rings. The average molecular weight is 261 g/mol. The van der Waals surface area contributed by atoms with E-state index in [1.807, 2.05) is 31.2 Å². The fourth-order valence-corrected chi connectivity index (χ4v) is 1.46. The summed E-state index contributed by atoms with van der Waals surface area (Å²) in [5, 5.41) is 11.5. The number of amides is 1. The van der Waals surface area contributed by atoms with Gasteiger partial charge in [-0.15, -0.1) is 0 Å². The minimum absolute atomic E-state index is 0.291. The number of hydrogen-bond donors (Lipinski definition) is 2. The maximum absolute atomic E-state index is 11.6. The van der Waals surface area contributed by atoms with E-state index in [0.29, 0.717) is 0 Å². The Morgan fingerprint density at radius 2 is 1.79 bits per heavy atom. The highest BCUT2D eigenvalue weighted by molar-refractivity contribution is 5.92. The third kappa shape index (κ3) is 4.95. The van der Waals surface area contributed by atoms with Crippen LogP contribution in [0, 0.1) is 12.8 Å². The molecule has 102 valence electrons. The van der Waals surface area contributed by atoms with E-state index in [2.05, 4.69) is 5.32 Å². The molecule has 0 aromatic heterocycles. The van der Waals surface area contributed by atoms with Crippen LogP contribution in [-0.2, 0) is 9.59 Å². The van der Waals surface area contributed by atoms with Gasteiger partial charge in [-0.3, -0.25) is 9.59 Å². The van der Waals surface area contributed by atoms with E-state index in [9.17, 15) is 9.59 Å². The van der Waals surface area contributed by atoms with Gasteiger partial charge >= 0.3 is 5.97 Å². The Morgan fingerprint density at radius 1 is 1.21 bits per heavy atom. The first-order valence-electron chi connectivity index (χ1n) is 6.18. The van der Waals surface area contributed by atoms with Gasteiger partial charge < -0.3 is 10.4 Å². The van der Waals surface area contributed by atoms with E-state index >= 15 is 0 Å². The number of nitrogens with one attached hydrogen (secondary N) is 1. The Labute approximate surface area is 113 Å². The van der Waals surface area contributed by atoms with Gasteiger partial charge in [-0.1, -0.05) is 29.8 Å². The summed E-state index contributed by atoms with van der Waals surface area (Å²) in [6, 6.07) is 7.36. The Balaban J connectivity index is 2.55. The summed E-state index contributed by atoms with van der Waals surface area (Å²) in [7, 11) is 0. The first-order chi connectivity index (χ1) is 8.90. The third-order valence-corrected chi connectivity index (χ3v) is 3.01. The number of carbonyl (C=O) groups excluding carboxylic acids is 1. The average Bonchev–Trinajstić information content (AvgIpc) is 2.37. The van der Waals surface area contributed by atoms with Gasteiger partial charge in [0.25, 0.3) is 0 Å². The van der Waals surface area contributed by atoms with Crippen molar-refractivity contribution in [2.45, 2.75) is 26.8 Å². The molecule has 4 nitrogen and oxygen atoms in total. The number of carbonyl (C=O) groups is 2. The van der Waals surface area contributed by atoms with Crippen LogP contribution < -0.4 is 5.32 Å². The van der Waals surface area contributed by atoms with Gasteiger partial charge in [0.05, 0.1) is 5.92 Å². The molecule has 0 fully saturated rings. The fourth-order valence-electron chi connectivity index (χ4n) is 1.46. The molecule has 19 heavy (non-hydrogen) atoms. The van der Waals surface area contributed by atoms with Crippen LogP contribution in [0.25, 0.3) is 6.08 Å². The summed E-state index contributed by atoms with van der Waals surface area (Å²) in [6.07, 6.45) is 3.11. The summed E-state index contributed by atoms with van der Waals surface area (Å²) in [6.45, 7) is 5.24. The zero-order valence-electron chi connectivity index (χ0n) is 11.4. The van der Waals surface area contributed by atoms with E-state index in [4.69, 9.17) is 5.11 Å². The summed E-state index contributed by atoms with van der Waals surface area (Å²) < 4.78 is 0. The largest absolute Gasteiger partial charge is 0.481 e. The molecule has 1 amide bonds. The quantitative estimate of drug-likeness (QED) is 0.799. The summed E-state index contributed by atoms with van der Waals surface area (Å²) in [4.78, 5) is 22.4. The number of aliphatic carboxylic acids is 1. The normalized spacial score (nSPS) is 14.1. The van der Waals surface area contributed by atoms with Crippen LogP contribution in [0.2, 0.25) is 0 Å². The standard InChI is InChI=1S/C15H19NO3/c1-10-4-6-13(7-5-10)8-9-14(17)16-12(3)11(2)15(18)19/h4-9,11-12H,1-3H3,(H,16,17)(H,18,19)/b9-8+. The van der Waals surface area contributed by atoms with Crippen molar-refractivity contribution in [3.63, 3.8) is 0 Å². The number of rotatable bonds is 5. The minimum atomic E-state index is -0.921. The van der Waals surface area contributed by atoms with Crippen LogP contribution in [0.4, 0.5) is 0 Å². The highest BCUT2D eigenvalue weighted by atomic mass is 16.4. The highest BCUT2D eigenvalue weighted by Crippen LogP contribution is 2.05. The molecule has 1 aromatic rings. The zero-order valence-corrected chi connectivity index (χ0v) is 11.4. The van der Waals surface area contributed by atoms with Gasteiger partial charge in [-0.05, 0) is 32.4 Å². The molecular weight excluding hydrogens is 242 g/mol. The lowest BCUT2D eigenvalue weighted by atomic mass is 10.0. The van der Waals surface area contributed by atoms with Crippen LogP contribution in [0.15, 0.2) is 30.3 Å². The number of aryl methyl sites for hydroxylation is 1. The summed E-state index contributed by atoms with van der Waals surface area (Å²) in [5.74, 6) is -1.83. The van der Waals surface area contributed by atoms with E-state index in [1.54, 1.807) is 19.9 Å². The third-order valence-electron chi connectivity index (χ3n) is 3.01. The van der Waals surface area contributed by atoms with Gasteiger partial charge in [-0.25, -0.2) is 0 Å². The Hall–Kier alpha value is -2.10. The molecule has 2 atom stereocenters. The maximum Gasteiger partial charge on any atom is 0.308 e. The molecule has 1 aromatic carbocycles. The number of benzene rings is 1. The minimum Gasteiger partial charge on any atom is -0.481 e. The molecule has 4 heteroatoms. The fraction of sp³-hybridized carbons (Fsp3) is 0.333. The van der Waals surface area contributed by atoms with Gasteiger partial charge in [-0.2, -0.15) is 0 Å². The van der Waals surface area contributed by atoms with Crippen molar-refractivity contribution in [3.8, 4) is 0 Å². The van der Waals surface area contributed by atoms with Crippen molar-refractivity contribution in [2.75, 3.05) is 0 Å². The molecule has 1 rings (SSSR count). The van der Waals surface area contributed by atoms with Gasteiger partial charge in [0, 0.05) is 12.1 Å². The highest BCUT2D eigenvalue weighted by Gasteiger charge is 2.19. The first-order valence-corrected chi connectivity index (χ1v) is 6.18. The molecule has 2 N–H and O–H groups in total. The lowest BCUT2D eigenvalue weighted by Gasteiger charge is -2.16. The number of hydrogen-bond acceptors (Lipinski definition) is 2. The molecular formula is C15H19NO3. The maximum atomic E-state index is 11.6. The van der Waals surface area contributed by atoms with E-state index in [-0.39, 0.29) is 5.91 Å². The molecule has 0 saturated carbocycles. The van der Waals surface area contributed by atoms with Gasteiger partial charge in [0.2, 0.25) is 5.91 Å². The van der Waals surface area contributed by atoms with Crippen molar-refractivity contribution in [3.05, 3.63) is 41.5 Å². The first kappa shape index (κ1) is 15.0. The summed E-state index contributed by atoms with van der Waals surface area (Å²) >= 11 is 0. The smallest absolute Gasteiger partial charge is 0.308 e. The summed E-state index contributed by atoms with van der Waals surface area (Å²) in [5.41, 5.74) is 2.09. The van der Waals surface area contributed by atoms with Crippen molar-refractivity contribution in [1.82, 2.24) is 5.32 Å². The predicted octanol–water partition coefficient (Wildman–Crippen LogP) is 2.23. The molecule has 0 saturated heterocycles. The van der Waals surface area contributed by atoms with Crippen LogP contribution in [0.1, 0.15) is 25.0 Å². The van der Waals surface area contributed by atoms with Crippen molar-refractivity contribution < 1.29 is 14.7 Å². The van der Waals surface area contributed by atoms with Crippen molar-refractivity contribution >= 4 is 18.0 Å². The predicted molar refractivity (Wildman–Crippen MR) is 74.6 cm³/mol. The molecule has 2 unspecified atom stereocenters. The van der Waals surface area contributed by atoms with E-state index in [1.165, 1.54) is 6.08 Å². The second-order valence-corrected chi connectivity index (χ2v) is 4.67. The van der Waals surface area contributed by atoms with Crippen LogP contribution >= 0.6 is 0 Å². The second kappa shape index (κ2) is 6.73. The Kier molecular flexibility index (Phi) is 5.30. The van der Waals surface area contributed by atoms with Crippen LogP contribution in [0.3, 0.4) is 0 Å². The molecule has 0 aliphatic heterocycles. The molecule has 0 radical (unpaired) electrons. The number of carboxylic acids is 1. The molecule has 0 bridgehead atoms. The zero-order chi connectivity index (χ0) is 14.4. The topological polar surface area (TPSA) is 66.4 Å². The van der Waals surface area contributed by atoms with Crippen molar-refractivity contribution in [2.24, 2.45) is 5.92 Å². The molecule has 0 heterocycles.